The van der Waals surface area contributed by atoms with Gasteiger partial charge in [0.2, 0.25) is 0 Å². The van der Waals surface area contributed by atoms with Crippen LogP contribution in [-0.4, -0.2) is 34.0 Å². The molecule has 14 heavy (non-hydrogen) atoms. The van der Waals surface area contributed by atoms with E-state index in [2.05, 4.69) is 9.88 Å². The number of carbonyl (C=O) groups is 1. The Kier molecular flexibility index (Phi) is 2.79. The maximum Gasteiger partial charge on any atom is 0.303 e. The molecule has 1 N–H and O–H groups in total. The minimum Gasteiger partial charge on any atom is -0.481 e. The van der Waals surface area contributed by atoms with Crippen LogP contribution in [0.15, 0.2) is 10.9 Å². The normalized spacial score (nSPS) is 18.0. The summed E-state index contributed by atoms with van der Waals surface area (Å²) in [7, 11) is 0. The Morgan fingerprint density at radius 1 is 1.71 bits per heavy atom. The highest BCUT2D eigenvalue weighted by Crippen LogP contribution is 2.21. The Labute approximate surface area is 86.2 Å². The van der Waals surface area contributed by atoms with E-state index in [9.17, 15) is 4.79 Å². The molecule has 2 rings (SSSR count). The Morgan fingerprint density at radius 3 is 3.07 bits per heavy atom. The summed E-state index contributed by atoms with van der Waals surface area (Å²) < 4.78 is 0. The summed E-state index contributed by atoms with van der Waals surface area (Å²) in [6.45, 7) is 2.65. The van der Waals surface area contributed by atoms with Crippen LogP contribution in [0.2, 0.25) is 0 Å². The fraction of sp³-hybridized carbons (Fsp3) is 0.556. The molecule has 1 fully saturated rings. The first-order valence-electron chi connectivity index (χ1n) is 4.55. The maximum atomic E-state index is 10.4. The molecule has 0 radical (unpaired) electrons. The molecule has 0 bridgehead atoms. The van der Waals surface area contributed by atoms with Crippen LogP contribution in [0.25, 0.3) is 0 Å². The number of rotatable bonds is 4. The largest absolute Gasteiger partial charge is 0.481 e. The van der Waals surface area contributed by atoms with Crippen molar-refractivity contribution in [2.45, 2.75) is 13.0 Å². The van der Waals surface area contributed by atoms with Gasteiger partial charge in [-0.2, -0.15) is 0 Å². The number of aliphatic carboxylic acids is 1. The Hall–Kier alpha value is -0.940. The summed E-state index contributed by atoms with van der Waals surface area (Å²) in [4.78, 5) is 16.8. The molecule has 1 aromatic rings. The van der Waals surface area contributed by atoms with E-state index in [-0.39, 0.29) is 0 Å². The zero-order chi connectivity index (χ0) is 9.97. The van der Waals surface area contributed by atoms with Crippen molar-refractivity contribution in [3.8, 4) is 0 Å². The van der Waals surface area contributed by atoms with Crippen LogP contribution < -0.4 is 0 Å². The molecule has 0 spiro atoms. The van der Waals surface area contributed by atoms with Crippen LogP contribution in [0.4, 0.5) is 0 Å². The monoisotopic (exact) mass is 212 g/mol. The van der Waals surface area contributed by atoms with E-state index in [4.69, 9.17) is 5.11 Å². The predicted molar refractivity (Wildman–Crippen MR) is 53.1 cm³/mol. The third-order valence-electron chi connectivity index (χ3n) is 2.37. The molecule has 1 aromatic heterocycles. The van der Waals surface area contributed by atoms with Gasteiger partial charge in [0.25, 0.3) is 0 Å². The van der Waals surface area contributed by atoms with Gasteiger partial charge in [-0.1, -0.05) is 0 Å². The number of hydrogen-bond donors (Lipinski definition) is 1. The molecule has 1 aliphatic heterocycles. The molecule has 0 amide bonds. The summed E-state index contributed by atoms with van der Waals surface area (Å²) in [5.41, 5.74) is 2.91. The number of likely N-dealkylation sites (tertiary alicyclic amines) is 1. The molecule has 1 saturated heterocycles. The van der Waals surface area contributed by atoms with Gasteiger partial charge in [0.05, 0.1) is 17.6 Å². The van der Waals surface area contributed by atoms with Crippen molar-refractivity contribution >= 4 is 17.3 Å². The first-order chi connectivity index (χ1) is 6.74. The SMILES string of the molecule is O=C(O)CC1CN(Cc2cscn2)C1. The second-order valence-corrected chi connectivity index (χ2v) is 4.36. The molecule has 0 unspecified atom stereocenters. The minimum atomic E-state index is -0.691. The zero-order valence-corrected chi connectivity index (χ0v) is 8.54. The number of carboxylic acid groups (broad SMARTS) is 1. The highest BCUT2D eigenvalue weighted by molar-refractivity contribution is 7.07. The summed E-state index contributed by atoms with van der Waals surface area (Å²) in [5.74, 6) is -0.352. The lowest BCUT2D eigenvalue weighted by Crippen LogP contribution is -2.46. The first-order valence-corrected chi connectivity index (χ1v) is 5.49. The number of carboxylic acids is 1. The van der Waals surface area contributed by atoms with Gasteiger partial charge >= 0.3 is 5.97 Å². The van der Waals surface area contributed by atoms with Crippen molar-refractivity contribution in [2.24, 2.45) is 5.92 Å². The van der Waals surface area contributed by atoms with Crippen LogP contribution in [0.5, 0.6) is 0 Å². The van der Waals surface area contributed by atoms with Crippen molar-refractivity contribution in [3.05, 3.63) is 16.6 Å². The summed E-state index contributed by atoms with van der Waals surface area (Å²) in [5, 5.41) is 10.6. The molecule has 0 aromatic carbocycles. The Balaban J connectivity index is 1.71. The van der Waals surface area contributed by atoms with Crippen molar-refractivity contribution in [1.82, 2.24) is 9.88 Å². The van der Waals surface area contributed by atoms with Crippen LogP contribution in [0.1, 0.15) is 12.1 Å². The van der Waals surface area contributed by atoms with Crippen LogP contribution in [0, 0.1) is 5.92 Å². The molecule has 0 saturated carbocycles. The zero-order valence-electron chi connectivity index (χ0n) is 7.72. The molecule has 0 aliphatic carbocycles. The highest BCUT2D eigenvalue weighted by Gasteiger charge is 2.28. The third kappa shape index (κ3) is 2.30. The van der Waals surface area contributed by atoms with Gasteiger partial charge in [-0.05, 0) is 5.92 Å². The van der Waals surface area contributed by atoms with Crippen molar-refractivity contribution in [1.29, 1.82) is 0 Å². The van der Waals surface area contributed by atoms with Crippen molar-refractivity contribution in [2.75, 3.05) is 13.1 Å². The van der Waals surface area contributed by atoms with E-state index in [1.165, 1.54) is 0 Å². The average Bonchev–Trinajstić information content (AvgIpc) is 2.52. The molecular weight excluding hydrogens is 200 g/mol. The second-order valence-electron chi connectivity index (χ2n) is 3.64. The van der Waals surface area contributed by atoms with E-state index in [0.717, 1.165) is 25.3 Å². The Morgan fingerprint density at radius 2 is 2.50 bits per heavy atom. The van der Waals surface area contributed by atoms with Crippen molar-refractivity contribution < 1.29 is 9.90 Å². The van der Waals surface area contributed by atoms with Gasteiger partial charge in [-0.3, -0.25) is 9.69 Å². The van der Waals surface area contributed by atoms with Crippen LogP contribution in [-0.2, 0) is 11.3 Å². The predicted octanol–water partition coefficient (Wildman–Crippen LogP) is 1.05. The number of nitrogens with zero attached hydrogens (tertiary/aromatic N) is 2. The summed E-state index contributed by atoms with van der Waals surface area (Å²) in [6, 6.07) is 0. The van der Waals surface area contributed by atoms with E-state index in [1.54, 1.807) is 11.3 Å². The van der Waals surface area contributed by atoms with Gasteiger partial charge < -0.3 is 5.11 Å². The summed E-state index contributed by atoms with van der Waals surface area (Å²) in [6.07, 6.45) is 0.299. The highest BCUT2D eigenvalue weighted by atomic mass is 32.1. The maximum absolute atomic E-state index is 10.4. The molecule has 2 heterocycles. The molecule has 0 atom stereocenters. The van der Waals surface area contributed by atoms with E-state index in [1.807, 2.05) is 10.9 Å². The van der Waals surface area contributed by atoms with Gasteiger partial charge in [0.1, 0.15) is 0 Å². The van der Waals surface area contributed by atoms with Crippen LogP contribution >= 0.6 is 11.3 Å². The quantitative estimate of drug-likeness (QED) is 0.810. The van der Waals surface area contributed by atoms with E-state index in [0.29, 0.717) is 12.3 Å². The lowest BCUT2D eigenvalue weighted by atomic mass is 9.96. The molecule has 1 aliphatic rings. The van der Waals surface area contributed by atoms with Gasteiger partial charge in [0.15, 0.2) is 0 Å². The van der Waals surface area contributed by atoms with Crippen LogP contribution in [0.3, 0.4) is 0 Å². The van der Waals surface area contributed by atoms with Gasteiger partial charge in [-0.25, -0.2) is 4.98 Å². The van der Waals surface area contributed by atoms with E-state index < -0.39 is 5.97 Å². The molecular formula is C9H12N2O2S. The topological polar surface area (TPSA) is 53.4 Å². The fourth-order valence-electron chi connectivity index (χ4n) is 1.73. The standard InChI is InChI=1S/C9H12N2O2S/c12-9(13)1-7-2-11(3-7)4-8-5-14-6-10-8/h5-7H,1-4H2,(H,12,13). The average molecular weight is 212 g/mol. The third-order valence-corrected chi connectivity index (χ3v) is 3.00. The smallest absolute Gasteiger partial charge is 0.303 e. The van der Waals surface area contributed by atoms with Gasteiger partial charge in [-0.15, -0.1) is 11.3 Å². The second kappa shape index (κ2) is 4.06. The lowest BCUT2D eigenvalue weighted by molar-refractivity contribution is -0.139. The minimum absolute atomic E-state index is 0.299. The molecule has 76 valence electrons. The van der Waals surface area contributed by atoms with E-state index >= 15 is 0 Å². The Bertz CT molecular complexity index is 307. The lowest BCUT2D eigenvalue weighted by Gasteiger charge is -2.38. The molecule has 5 heteroatoms. The summed E-state index contributed by atoms with van der Waals surface area (Å²) >= 11 is 1.60. The molecule has 4 nitrogen and oxygen atoms in total. The number of hydrogen-bond acceptors (Lipinski definition) is 4. The van der Waals surface area contributed by atoms with Crippen molar-refractivity contribution in [3.63, 3.8) is 0 Å². The first kappa shape index (κ1) is 9.61. The number of aromatic nitrogens is 1. The van der Waals surface area contributed by atoms with Gasteiger partial charge in [0, 0.05) is 25.0 Å². The fourth-order valence-corrected chi connectivity index (χ4v) is 2.28. The number of thiazole rings is 1.